The number of nitrogens with one attached hydrogen (secondary N) is 2. The zero-order valence-electron chi connectivity index (χ0n) is 12.6. The summed E-state index contributed by atoms with van der Waals surface area (Å²) in [4.78, 5) is 11.9. The second-order valence-electron chi connectivity index (χ2n) is 5.46. The van der Waals surface area contributed by atoms with Crippen LogP contribution in [0.3, 0.4) is 0 Å². The molecule has 4 nitrogen and oxygen atoms in total. The number of rotatable bonds is 10. The Morgan fingerprint density at radius 2 is 1.94 bits per heavy atom. The molecule has 1 unspecified atom stereocenters. The molecule has 1 atom stereocenters. The number of carbonyl (C=O) groups excluding carboxylic acids is 1. The molecule has 0 aromatic carbocycles. The molecule has 0 spiro atoms. The summed E-state index contributed by atoms with van der Waals surface area (Å²) < 4.78 is 4.99. The minimum absolute atomic E-state index is 0.0822. The van der Waals surface area contributed by atoms with Crippen LogP contribution in [0.5, 0.6) is 0 Å². The van der Waals surface area contributed by atoms with Gasteiger partial charge < -0.3 is 15.4 Å². The van der Waals surface area contributed by atoms with E-state index in [2.05, 4.69) is 17.6 Å². The molecular formula is C14H30N2O2. The Bertz CT molecular complexity index is 230. The fraction of sp³-hybridized carbons (Fsp3) is 0.929. The van der Waals surface area contributed by atoms with Gasteiger partial charge in [0.25, 0.3) is 0 Å². The van der Waals surface area contributed by atoms with Crippen LogP contribution in [-0.4, -0.2) is 37.7 Å². The number of methoxy groups -OCH3 is 1. The Morgan fingerprint density at radius 3 is 2.50 bits per heavy atom. The van der Waals surface area contributed by atoms with Gasteiger partial charge in [0.2, 0.25) is 5.91 Å². The van der Waals surface area contributed by atoms with Crippen molar-refractivity contribution in [3.8, 4) is 0 Å². The van der Waals surface area contributed by atoms with Gasteiger partial charge in [-0.1, -0.05) is 6.92 Å². The monoisotopic (exact) mass is 258 g/mol. The second-order valence-corrected chi connectivity index (χ2v) is 5.46. The van der Waals surface area contributed by atoms with Crippen LogP contribution in [0.25, 0.3) is 0 Å². The maximum absolute atomic E-state index is 11.9. The van der Waals surface area contributed by atoms with Crippen molar-refractivity contribution in [2.75, 3.05) is 20.3 Å². The van der Waals surface area contributed by atoms with Gasteiger partial charge in [0.15, 0.2) is 0 Å². The van der Waals surface area contributed by atoms with Crippen molar-refractivity contribution in [3.05, 3.63) is 0 Å². The number of hydrogen-bond acceptors (Lipinski definition) is 3. The van der Waals surface area contributed by atoms with E-state index in [1.165, 1.54) is 0 Å². The average Bonchev–Trinajstić information content (AvgIpc) is 2.32. The minimum Gasteiger partial charge on any atom is -0.385 e. The quantitative estimate of drug-likeness (QED) is 0.590. The van der Waals surface area contributed by atoms with Crippen molar-refractivity contribution in [1.82, 2.24) is 10.6 Å². The van der Waals surface area contributed by atoms with Crippen LogP contribution < -0.4 is 10.6 Å². The average molecular weight is 258 g/mol. The minimum atomic E-state index is -0.127. The summed E-state index contributed by atoms with van der Waals surface area (Å²) in [5, 5.41) is 6.30. The first-order chi connectivity index (χ1) is 8.43. The standard InChI is InChI=1S/C14H30N2O2/c1-6-14(3,4)16-13(17)12(2)15-10-8-7-9-11-18-5/h12,15H,6-11H2,1-5H3,(H,16,17). The molecule has 18 heavy (non-hydrogen) atoms. The summed E-state index contributed by atoms with van der Waals surface area (Å²) in [6, 6.07) is -0.127. The molecule has 0 radical (unpaired) electrons. The Balaban J connectivity index is 3.68. The molecule has 0 saturated heterocycles. The third-order valence-corrected chi connectivity index (χ3v) is 3.21. The summed E-state index contributed by atoms with van der Waals surface area (Å²) in [6.07, 6.45) is 4.23. The maximum Gasteiger partial charge on any atom is 0.237 e. The van der Waals surface area contributed by atoms with E-state index in [1.807, 2.05) is 20.8 Å². The summed E-state index contributed by atoms with van der Waals surface area (Å²) >= 11 is 0. The summed E-state index contributed by atoms with van der Waals surface area (Å²) in [6.45, 7) is 9.78. The molecular weight excluding hydrogens is 228 g/mol. The smallest absolute Gasteiger partial charge is 0.237 e. The van der Waals surface area contributed by atoms with Crippen molar-refractivity contribution in [2.24, 2.45) is 0 Å². The van der Waals surface area contributed by atoms with Crippen molar-refractivity contribution in [1.29, 1.82) is 0 Å². The van der Waals surface area contributed by atoms with E-state index in [1.54, 1.807) is 7.11 Å². The van der Waals surface area contributed by atoms with Gasteiger partial charge in [-0.15, -0.1) is 0 Å². The highest BCUT2D eigenvalue weighted by atomic mass is 16.5. The Kier molecular flexibility index (Phi) is 9.02. The van der Waals surface area contributed by atoms with Crippen molar-refractivity contribution in [3.63, 3.8) is 0 Å². The fourth-order valence-electron chi connectivity index (χ4n) is 1.49. The predicted molar refractivity (Wildman–Crippen MR) is 75.7 cm³/mol. The second kappa shape index (κ2) is 9.34. The maximum atomic E-state index is 11.9. The van der Waals surface area contributed by atoms with Gasteiger partial charge in [-0.25, -0.2) is 0 Å². The van der Waals surface area contributed by atoms with E-state index in [4.69, 9.17) is 4.74 Å². The van der Waals surface area contributed by atoms with E-state index < -0.39 is 0 Å². The first-order valence-corrected chi connectivity index (χ1v) is 6.97. The highest BCUT2D eigenvalue weighted by Crippen LogP contribution is 2.07. The van der Waals surface area contributed by atoms with Gasteiger partial charge in [0.1, 0.15) is 0 Å². The van der Waals surface area contributed by atoms with Crippen LogP contribution >= 0.6 is 0 Å². The molecule has 0 heterocycles. The van der Waals surface area contributed by atoms with Gasteiger partial charge in [0.05, 0.1) is 6.04 Å². The predicted octanol–water partition coefficient (Wildman–Crippen LogP) is 2.09. The van der Waals surface area contributed by atoms with E-state index in [9.17, 15) is 4.79 Å². The molecule has 0 rings (SSSR count). The largest absolute Gasteiger partial charge is 0.385 e. The topological polar surface area (TPSA) is 50.4 Å². The summed E-state index contributed by atoms with van der Waals surface area (Å²) in [7, 11) is 1.72. The van der Waals surface area contributed by atoms with Crippen LogP contribution in [0.15, 0.2) is 0 Å². The lowest BCUT2D eigenvalue weighted by Crippen LogP contribution is -2.50. The highest BCUT2D eigenvalue weighted by molar-refractivity contribution is 5.81. The molecule has 0 saturated carbocycles. The van der Waals surface area contributed by atoms with Gasteiger partial charge in [-0.3, -0.25) is 4.79 Å². The number of amides is 1. The van der Waals surface area contributed by atoms with Crippen molar-refractivity contribution >= 4 is 5.91 Å². The molecule has 1 amide bonds. The van der Waals surface area contributed by atoms with E-state index in [0.717, 1.165) is 38.8 Å². The van der Waals surface area contributed by atoms with Gasteiger partial charge >= 0.3 is 0 Å². The molecule has 0 aliphatic heterocycles. The van der Waals surface area contributed by atoms with Crippen LogP contribution in [0.4, 0.5) is 0 Å². The molecule has 2 N–H and O–H groups in total. The van der Waals surface area contributed by atoms with Crippen LogP contribution in [0.2, 0.25) is 0 Å². The zero-order chi connectivity index (χ0) is 14.0. The molecule has 0 aliphatic rings. The van der Waals surface area contributed by atoms with Gasteiger partial charge in [-0.05, 0) is 53.0 Å². The normalized spacial score (nSPS) is 13.4. The third-order valence-electron chi connectivity index (χ3n) is 3.21. The van der Waals surface area contributed by atoms with Gasteiger partial charge in [0, 0.05) is 19.3 Å². The number of carbonyl (C=O) groups is 1. The van der Waals surface area contributed by atoms with Crippen molar-refractivity contribution < 1.29 is 9.53 Å². The lowest BCUT2D eigenvalue weighted by Gasteiger charge is -2.26. The molecule has 108 valence electrons. The molecule has 0 fully saturated rings. The van der Waals surface area contributed by atoms with Crippen LogP contribution in [0.1, 0.15) is 53.4 Å². The lowest BCUT2D eigenvalue weighted by molar-refractivity contribution is -0.124. The Hall–Kier alpha value is -0.610. The fourth-order valence-corrected chi connectivity index (χ4v) is 1.49. The molecule has 0 bridgehead atoms. The molecule has 0 aromatic rings. The number of ether oxygens (including phenoxy) is 1. The van der Waals surface area contributed by atoms with Crippen molar-refractivity contribution in [2.45, 2.75) is 65.0 Å². The number of unbranched alkanes of at least 4 members (excludes halogenated alkanes) is 2. The number of hydrogen-bond donors (Lipinski definition) is 2. The highest BCUT2D eigenvalue weighted by Gasteiger charge is 2.21. The van der Waals surface area contributed by atoms with E-state index >= 15 is 0 Å². The van der Waals surface area contributed by atoms with Gasteiger partial charge in [-0.2, -0.15) is 0 Å². The molecule has 4 heteroatoms. The first kappa shape index (κ1) is 17.4. The zero-order valence-corrected chi connectivity index (χ0v) is 12.6. The Morgan fingerprint density at radius 1 is 1.28 bits per heavy atom. The lowest BCUT2D eigenvalue weighted by atomic mass is 10.0. The third kappa shape index (κ3) is 8.48. The Labute approximate surface area is 112 Å². The van der Waals surface area contributed by atoms with Crippen LogP contribution in [0, 0.1) is 0 Å². The van der Waals surface area contributed by atoms with E-state index in [0.29, 0.717) is 0 Å². The first-order valence-electron chi connectivity index (χ1n) is 6.97. The molecule has 0 aromatic heterocycles. The van der Waals surface area contributed by atoms with Crippen LogP contribution in [-0.2, 0) is 9.53 Å². The molecule has 0 aliphatic carbocycles. The summed E-state index contributed by atoms with van der Waals surface area (Å²) in [5.74, 6) is 0.0822. The SMILES string of the molecule is CCC(C)(C)NC(=O)C(C)NCCCCCOC. The summed E-state index contributed by atoms with van der Waals surface area (Å²) in [5.41, 5.74) is -0.120. The van der Waals surface area contributed by atoms with E-state index in [-0.39, 0.29) is 17.5 Å².